The molecule has 0 spiro atoms. The summed E-state index contributed by atoms with van der Waals surface area (Å²) in [6.45, 7) is 11.2. The van der Waals surface area contributed by atoms with Gasteiger partial charge in [-0.05, 0) is 55.9 Å². The number of piperidine rings is 1. The van der Waals surface area contributed by atoms with Crippen LogP contribution in [0.3, 0.4) is 0 Å². The third-order valence-corrected chi connectivity index (χ3v) is 10.9. The average Bonchev–Trinajstić information content (AvgIpc) is 3.83. The molecule has 3 aromatic rings. The van der Waals surface area contributed by atoms with Gasteiger partial charge in [0.15, 0.2) is 0 Å². The molecule has 3 saturated heterocycles. The van der Waals surface area contributed by atoms with Crippen LogP contribution in [-0.4, -0.2) is 125 Å². The minimum absolute atomic E-state index is 0.0640. The number of methoxy groups -OCH3 is 1. The quantitative estimate of drug-likeness (QED) is 0.243. The number of nitrogens with one attached hydrogen (secondary N) is 3. The topological polar surface area (TPSA) is 152 Å². The van der Waals surface area contributed by atoms with Gasteiger partial charge in [0, 0.05) is 74.1 Å². The number of ether oxygens (including phenoxy) is 2. The molecule has 2 unspecified atom stereocenters. The zero-order chi connectivity index (χ0) is 41.1. The van der Waals surface area contributed by atoms with Crippen molar-refractivity contribution in [2.75, 3.05) is 58.2 Å². The van der Waals surface area contributed by atoms with Crippen molar-refractivity contribution in [2.24, 2.45) is 5.41 Å². The van der Waals surface area contributed by atoms with E-state index >= 15 is 0 Å². The Kier molecular flexibility index (Phi) is 12.4. The van der Waals surface area contributed by atoms with Crippen LogP contribution in [0.25, 0.3) is 22.4 Å². The molecule has 14 nitrogen and oxygen atoms in total. The highest BCUT2D eigenvalue weighted by Gasteiger charge is 2.38. The molecule has 3 aliphatic rings. The number of hydrogen-bond acceptors (Lipinski definition) is 8. The molecule has 308 valence electrons. The number of nitrogens with zero attached hydrogens (tertiary/aromatic N) is 5. The van der Waals surface area contributed by atoms with Gasteiger partial charge in [0.1, 0.15) is 18.1 Å². The molecule has 6 rings (SSSR count). The summed E-state index contributed by atoms with van der Waals surface area (Å²) in [4.78, 5) is 65.9. The molecular weight excluding hydrogens is 745 g/mol. The van der Waals surface area contributed by atoms with Crippen molar-refractivity contribution in [3.63, 3.8) is 0 Å². The predicted molar refractivity (Wildman–Crippen MR) is 206 cm³/mol. The number of aromatic amines is 1. The lowest BCUT2D eigenvalue weighted by Gasteiger charge is -2.43. The molecule has 1 aromatic heterocycles. The van der Waals surface area contributed by atoms with Gasteiger partial charge in [-0.3, -0.25) is 14.5 Å². The number of urea groups is 1. The smallest absolute Gasteiger partial charge is 0.453 e. The molecule has 0 bridgehead atoms. The lowest BCUT2D eigenvalue weighted by Crippen LogP contribution is -2.56. The molecule has 57 heavy (non-hydrogen) atoms. The number of carbonyl (C=O) groups is 4. The van der Waals surface area contributed by atoms with Crippen molar-refractivity contribution in [1.29, 1.82) is 0 Å². The van der Waals surface area contributed by atoms with Crippen LogP contribution in [0.4, 0.5) is 28.4 Å². The molecule has 2 atom stereocenters. The summed E-state index contributed by atoms with van der Waals surface area (Å²) in [5, 5.41) is 5.17. The number of benzene rings is 2. The van der Waals surface area contributed by atoms with E-state index in [-0.39, 0.29) is 41.7 Å². The lowest BCUT2D eigenvalue weighted by atomic mass is 9.92. The maximum Gasteiger partial charge on any atom is 0.573 e. The van der Waals surface area contributed by atoms with Crippen LogP contribution in [0.15, 0.2) is 48.7 Å². The minimum atomic E-state index is -4.97. The number of likely N-dealkylation sites (tertiary alicyclic amines) is 2. The highest BCUT2D eigenvalue weighted by atomic mass is 19.4. The first-order valence-corrected chi connectivity index (χ1v) is 19.3. The van der Waals surface area contributed by atoms with Gasteiger partial charge in [-0.15, -0.1) is 13.2 Å². The average molecular weight is 797 g/mol. The Morgan fingerprint density at radius 2 is 1.54 bits per heavy atom. The van der Waals surface area contributed by atoms with Gasteiger partial charge in [-0.2, -0.15) is 0 Å². The number of amides is 5. The molecule has 5 amide bonds. The third kappa shape index (κ3) is 9.98. The van der Waals surface area contributed by atoms with E-state index in [4.69, 9.17) is 0 Å². The summed E-state index contributed by atoms with van der Waals surface area (Å²) in [6, 6.07) is 10.6. The van der Waals surface area contributed by atoms with Crippen molar-refractivity contribution in [1.82, 2.24) is 34.9 Å². The number of halogens is 3. The monoisotopic (exact) mass is 796 g/mol. The Morgan fingerprint density at radius 3 is 2.18 bits per heavy atom. The van der Waals surface area contributed by atoms with Crippen LogP contribution in [-0.2, 0) is 14.3 Å². The summed E-state index contributed by atoms with van der Waals surface area (Å²) >= 11 is 0. The molecular formula is C40H51F3N8O6. The second-order valence-corrected chi connectivity index (χ2v) is 15.8. The van der Waals surface area contributed by atoms with E-state index in [2.05, 4.69) is 35.0 Å². The molecule has 17 heteroatoms. The van der Waals surface area contributed by atoms with Crippen LogP contribution < -0.4 is 15.4 Å². The first kappa shape index (κ1) is 41.3. The molecule has 0 radical (unpaired) electrons. The van der Waals surface area contributed by atoms with Crippen molar-refractivity contribution in [3.8, 4) is 28.1 Å². The van der Waals surface area contributed by atoms with Crippen LogP contribution in [0.1, 0.15) is 65.2 Å². The van der Waals surface area contributed by atoms with Gasteiger partial charge in [-0.1, -0.05) is 45.0 Å². The second kappa shape index (κ2) is 17.0. The predicted octanol–water partition coefficient (Wildman–Crippen LogP) is 6.24. The van der Waals surface area contributed by atoms with E-state index in [0.717, 1.165) is 24.8 Å². The fourth-order valence-electron chi connectivity index (χ4n) is 7.91. The van der Waals surface area contributed by atoms with E-state index in [9.17, 15) is 32.3 Å². The summed E-state index contributed by atoms with van der Waals surface area (Å²) in [7, 11) is 1.22. The molecule has 0 saturated carbocycles. The molecule has 2 aromatic carbocycles. The fourth-order valence-corrected chi connectivity index (χ4v) is 7.91. The van der Waals surface area contributed by atoms with Gasteiger partial charge in [0.2, 0.25) is 11.8 Å². The Bertz CT molecular complexity index is 1910. The van der Waals surface area contributed by atoms with Crippen molar-refractivity contribution in [2.45, 2.75) is 77.9 Å². The van der Waals surface area contributed by atoms with Gasteiger partial charge < -0.3 is 39.8 Å². The van der Waals surface area contributed by atoms with Crippen LogP contribution in [0, 0.1) is 5.41 Å². The largest absolute Gasteiger partial charge is 0.573 e. The Morgan fingerprint density at radius 1 is 0.877 bits per heavy atom. The van der Waals surface area contributed by atoms with Crippen LogP contribution in [0.2, 0.25) is 0 Å². The second-order valence-electron chi connectivity index (χ2n) is 15.8. The lowest BCUT2D eigenvalue weighted by molar-refractivity contribution is -0.274. The van der Waals surface area contributed by atoms with E-state index in [1.807, 2.05) is 32.6 Å². The molecule has 3 N–H and O–H groups in total. The number of rotatable bonds is 8. The third-order valence-electron chi connectivity index (χ3n) is 10.9. The molecule has 4 heterocycles. The number of alkyl carbamates (subject to hydrolysis) is 1. The molecule has 3 aliphatic heterocycles. The maximum absolute atomic E-state index is 13.6. The standard InChI is InChI=1S/C40H51F3N8O6/c1-25-6-13-32(51(25)34(52)24-45-38(55)56-5)35-44-23-31(47-35)27-9-7-26(8-10-27)30-12-11-28(22-33(30)57-40(41,42)43)46-37(54)50-20-18-48(19-21-50)29-14-16-49(17-15-29)36(53)39(2,3)4/h7-12,22-23,25,29,32H,6,13-21,24H2,1-5H3,(H,44,47)(H,45,55)(H,46,54). The highest BCUT2D eigenvalue weighted by Crippen LogP contribution is 2.38. The van der Waals surface area contributed by atoms with Crippen molar-refractivity contribution < 1.29 is 41.8 Å². The zero-order valence-electron chi connectivity index (χ0n) is 32.9. The molecule has 0 aliphatic carbocycles. The maximum atomic E-state index is 13.6. The van der Waals surface area contributed by atoms with Gasteiger partial charge >= 0.3 is 18.5 Å². The Balaban J connectivity index is 1.08. The first-order chi connectivity index (χ1) is 27.0. The minimum Gasteiger partial charge on any atom is -0.453 e. The van der Waals surface area contributed by atoms with E-state index in [0.29, 0.717) is 68.8 Å². The number of H-pyrrole nitrogens is 1. The molecule has 3 fully saturated rings. The first-order valence-electron chi connectivity index (χ1n) is 19.3. The normalized spacial score (nSPS) is 19.7. The van der Waals surface area contributed by atoms with E-state index in [1.54, 1.807) is 46.3 Å². The van der Waals surface area contributed by atoms with Crippen molar-refractivity contribution in [3.05, 3.63) is 54.5 Å². The summed E-state index contributed by atoms with van der Waals surface area (Å²) < 4.78 is 49.9. The zero-order valence-corrected chi connectivity index (χ0v) is 32.9. The van der Waals surface area contributed by atoms with Gasteiger partial charge in [0.05, 0.1) is 25.0 Å². The number of alkyl halides is 3. The number of hydrogen-bond donors (Lipinski definition) is 3. The van der Waals surface area contributed by atoms with Crippen LogP contribution >= 0.6 is 0 Å². The van der Waals surface area contributed by atoms with E-state index < -0.39 is 29.7 Å². The summed E-state index contributed by atoms with van der Waals surface area (Å²) in [5.41, 5.74) is 1.76. The van der Waals surface area contributed by atoms with Gasteiger partial charge in [0.25, 0.3) is 0 Å². The van der Waals surface area contributed by atoms with Crippen LogP contribution in [0.5, 0.6) is 5.75 Å². The Labute approximate surface area is 330 Å². The summed E-state index contributed by atoms with van der Waals surface area (Å²) in [6.07, 6.45) is -0.860. The number of aromatic nitrogens is 2. The number of carbonyl (C=O) groups excluding carboxylic acids is 4. The van der Waals surface area contributed by atoms with E-state index in [1.165, 1.54) is 19.2 Å². The number of imidazole rings is 1. The van der Waals surface area contributed by atoms with Crippen molar-refractivity contribution >= 4 is 29.6 Å². The van der Waals surface area contributed by atoms with Gasteiger partial charge in [-0.25, -0.2) is 14.6 Å². The fraction of sp³-hybridized carbons (Fsp3) is 0.525. The Hall–Kier alpha value is -5.32. The number of piperazine rings is 1. The summed E-state index contributed by atoms with van der Waals surface area (Å²) in [5.74, 6) is 0.0125. The highest BCUT2D eigenvalue weighted by molar-refractivity contribution is 5.90. The SMILES string of the molecule is COC(=O)NCC(=O)N1C(C)CCC1c1ncc(-c2ccc(-c3ccc(NC(=O)N4CCN(C5CCN(C(=O)C(C)(C)C)CC5)CC4)cc3OC(F)(F)F)cc2)[nH]1. The number of anilines is 1.